The number of ether oxygens (including phenoxy) is 1. The van der Waals surface area contributed by atoms with Gasteiger partial charge < -0.3 is 19.3 Å². The van der Waals surface area contributed by atoms with Crippen molar-refractivity contribution in [3.05, 3.63) is 52.9 Å². The van der Waals surface area contributed by atoms with Crippen molar-refractivity contribution in [3.63, 3.8) is 0 Å². The molecule has 0 unspecified atom stereocenters. The van der Waals surface area contributed by atoms with Gasteiger partial charge >= 0.3 is 5.97 Å². The van der Waals surface area contributed by atoms with Crippen LogP contribution in [0.5, 0.6) is 0 Å². The predicted molar refractivity (Wildman–Crippen MR) is 86.8 cm³/mol. The zero-order valence-corrected chi connectivity index (χ0v) is 12.6. The Morgan fingerprint density at radius 3 is 2.35 bits per heavy atom. The van der Waals surface area contributed by atoms with Crippen LogP contribution in [0, 0.1) is 0 Å². The lowest BCUT2D eigenvalue weighted by Gasteiger charge is -2.28. The highest BCUT2D eigenvalue weighted by atomic mass is 16.5. The first kappa shape index (κ1) is 15.3. The number of rotatable bonds is 4. The van der Waals surface area contributed by atoms with Crippen molar-refractivity contribution in [3.8, 4) is 11.1 Å². The fourth-order valence-corrected chi connectivity index (χ4v) is 2.66. The molecule has 1 aliphatic rings. The van der Waals surface area contributed by atoms with Crippen LogP contribution in [0.1, 0.15) is 0 Å². The molecule has 0 saturated carbocycles. The highest BCUT2D eigenvalue weighted by Gasteiger charge is 2.11. The van der Waals surface area contributed by atoms with Gasteiger partial charge in [-0.3, -0.25) is 9.59 Å². The summed E-state index contributed by atoms with van der Waals surface area (Å²) in [6.07, 6.45) is 1.58. The van der Waals surface area contributed by atoms with Crippen LogP contribution < -0.4 is 10.5 Å². The molecule has 23 heavy (non-hydrogen) atoms. The molecule has 120 valence electrons. The SMILES string of the molecule is O=C(O)Cn1cc(-c2ccc(N3CCOCC3)cc2)ccc1=O. The molecule has 6 heteroatoms. The second kappa shape index (κ2) is 6.66. The Morgan fingerprint density at radius 1 is 1.04 bits per heavy atom. The molecular formula is C17H18N2O4. The Labute approximate surface area is 133 Å². The highest BCUT2D eigenvalue weighted by molar-refractivity contribution is 5.68. The number of carboxylic acid groups (broad SMARTS) is 1. The third-order valence-corrected chi connectivity index (χ3v) is 3.87. The lowest BCUT2D eigenvalue weighted by molar-refractivity contribution is -0.137. The number of aromatic nitrogens is 1. The Balaban J connectivity index is 1.84. The molecule has 2 heterocycles. The number of aliphatic carboxylic acids is 1. The van der Waals surface area contributed by atoms with E-state index in [0.717, 1.165) is 43.1 Å². The van der Waals surface area contributed by atoms with E-state index in [-0.39, 0.29) is 12.1 Å². The molecule has 3 rings (SSSR count). The number of morpholine rings is 1. The van der Waals surface area contributed by atoms with E-state index in [0.29, 0.717) is 0 Å². The number of carboxylic acids is 1. The van der Waals surface area contributed by atoms with Gasteiger partial charge in [-0.25, -0.2) is 0 Å². The molecule has 2 aromatic rings. The van der Waals surface area contributed by atoms with E-state index in [4.69, 9.17) is 9.84 Å². The Morgan fingerprint density at radius 2 is 1.70 bits per heavy atom. The first-order valence-electron chi connectivity index (χ1n) is 7.49. The maximum absolute atomic E-state index is 11.7. The van der Waals surface area contributed by atoms with Crippen molar-refractivity contribution < 1.29 is 14.6 Å². The summed E-state index contributed by atoms with van der Waals surface area (Å²) in [6.45, 7) is 2.90. The minimum Gasteiger partial charge on any atom is -0.480 e. The molecule has 1 N–H and O–H groups in total. The number of hydrogen-bond acceptors (Lipinski definition) is 4. The number of hydrogen-bond donors (Lipinski definition) is 1. The summed E-state index contributed by atoms with van der Waals surface area (Å²) < 4.78 is 6.55. The van der Waals surface area contributed by atoms with Crippen LogP contribution in [0.15, 0.2) is 47.4 Å². The van der Waals surface area contributed by atoms with Crippen LogP contribution in [-0.2, 0) is 16.1 Å². The molecule has 0 bridgehead atoms. The minimum atomic E-state index is -1.04. The van der Waals surface area contributed by atoms with Gasteiger partial charge in [0.05, 0.1) is 13.2 Å². The van der Waals surface area contributed by atoms with E-state index in [1.54, 1.807) is 12.3 Å². The van der Waals surface area contributed by atoms with E-state index < -0.39 is 5.97 Å². The third-order valence-electron chi connectivity index (χ3n) is 3.87. The van der Waals surface area contributed by atoms with Crippen LogP contribution in [-0.4, -0.2) is 41.9 Å². The lowest BCUT2D eigenvalue weighted by Crippen LogP contribution is -2.36. The standard InChI is InChI=1S/C17H18N2O4/c20-16-6-3-14(11-19(16)12-17(21)22)13-1-4-15(5-2-13)18-7-9-23-10-8-18/h1-6,11H,7-10,12H2,(H,21,22). The molecule has 1 saturated heterocycles. The van der Waals surface area contributed by atoms with E-state index >= 15 is 0 Å². The summed E-state index contributed by atoms with van der Waals surface area (Å²) in [5.41, 5.74) is 2.58. The molecule has 1 aliphatic heterocycles. The van der Waals surface area contributed by atoms with Gasteiger partial charge in [-0.1, -0.05) is 12.1 Å². The summed E-state index contributed by atoms with van der Waals surface area (Å²) in [5.74, 6) is -1.04. The van der Waals surface area contributed by atoms with Crippen molar-refractivity contribution in [2.75, 3.05) is 31.2 Å². The Bertz CT molecular complexity index is 746. The van der Waals surface area contributed by atoms with E-state index in [2.05, 4.69) is 4.90 Å². The number of anilines is 1. The predicted octanol–water partition coefficient (Wildman–Crippen LogP) is 1.44. The number of benzene rings is 1. The zero-order valence-electron chi connectivity index (χ0n) is 12.6. The molecule has 0 atom stereocenters. The normalized spacial score (nSPS) is 14.7. The van der Waals surface area contributed by atoms with Gasteiger partial charge in [0.2, 0.25) is 0 Å². The van der Waals surface area contributed by atoms with Crippen molar-refractivity contribution in [1.29, 1.82) is 0 Å². The fourth-order valence-electron chi connectivity index (χ4n) is 2.66. The van der Waals surface area contributed by atoms with E-state index in [1.807, 2.05) is 24.3 Å². The Hall–Kier alpha value is -2.60. The van der Waals surface area contributed by atoms with Crippen LogP contribution in [0.2, 0.25) is 0 Å². The van der Waals surface area contributed by atoms with Gasteiger partial charge in [-0.15, -0.1) is 0 Å². The monoisotopic (exact) mass is 314 g/mol. The topological polar surface area (TPSA) is 71.8 Å². The first-order valence-corrected chi connectivity index (χ1v) is 7.49. The lowest BCUT2D eigenvalue weighted by atomic mass is 10.1. The summed E-state index contributed by atoms with van der Waals surface area (Å²) in [6, 6.07) is 11.1. The molecule has 0 amide bonds. The first-order chi connectivity index (χ1) is 11.1. The Kier molecular flexibility index (Phi) is 4.43. The van der Waals surface area contributed by atoms with Gasteiger partial charge in [-0.2, -0.15) is 0 Å². The van der Waals surface area contributed by atoms with Gasteiger partial charge in [-0.05, 0) is 29.3 Å². The zero-order chi connectivity index (χ0) is 16.2. The van der Waals surface area contributed by atoms with Gasteiger partial charge in [0.1, 0.15) is 6.54 Å². The maximum atomic E-state index is 11.7. The van der Waals surface area contributed by atoms with Crippen molar-refractivity contribution in [1.82, 2.24) is 4.57 Å². The molecule has 0 aliphatic carbocycles. The highest BCUT2D eigenvalue weighted by Crippen LogP contribution is 2.23. The van der Waals surface area contributed by atoms with Gasteiger partial charge in [0, 0.05) is 31.0 Å². The van der Waals surface area contributed by atoms with E-state index in [9.17, 15) is 9.59 Å². The maximum Gasteiger partial charge on any atom is 0.323 e. The molecule has 0 spiro atoms. The third kappa shape index (κ3) is 3.60. The molecule has 6 nitrogen and oxygen atoms in total. The minimum absolute atomic E-state index is 0.318. The van der Waals surface area contributed by atoms with Crippen molar-refractivity contribution >= 4 is 11.7 Å². The molecule has 1 fully saturated rings. The van der Waals surface area contributed by atoms with Crippen molar-refractivity contribution in [2.45, 2.75) is 6.54 Å². The summed E-state index contributed by atoms with van der Waals surface area (Å²) >= 11 is 0. The summed E-state index contributed by atoms with van der Waals surface area (Å²) in [7, 11) is 0. The molecular weight excluding hydrogens is 296 g/mol. The van der Waals surface area contributed by atoms with Crippen LogP contribution >= 0.6 is 0 Å². The number of pyridine rings is 1. The smallest absolute Gasteiger partial charge is 0.323 e. The molecule has 1 aromatic heterocycles. The largest absolute Gasteiger partial charge is 0.480 e. The van der Waals surface area contributed by atoms with E-state index in [1.165, 1.54) is 10.6 Å². The van der Waals surface area contributed by atoms with Gasteiger partial charge in [0.25, 0.3) is 5.56 Å². The second-order valence-corrected chi connectivity index (χ2v) is 5.42. The average Bonchev–Trinajstić information content (AvgIpc) is 2.57. The van der Waals surface area contributed by atoms with Crippen LogP contribution in [0.3, 0.4) is 0 Å². The summed E-state index contributed by atoms with van der Waals surface area (Å²) in [5, 5.41) is 8.86. The molecule has 0 radical (unpaired) electrons. The molecule has 1 aromatic carbocycles. The number of nitrogens with zero attached hydrogens (tertiary/aromatic N) is 2. The summed E-state index contributed by atoms with van der Waals surface area (Å²) in [4.78, 5) is 24.8. The quantitative estimate of drug-likeness (QED) is 0.924. The van der Waals surface area contributed by atoms with Crippen LogP contribution in [0.4, 0.5) is 5.69 Å². The van der Waals surface area contributed by atoms with Crippen molar-refractivity contribution in [2.24, 2.45) is 0 Å². The number of carbonyl (C=O) groups is 1. The van der Waals surface area contributed by atoms with Crippen LogP contribution in [0.25, 0.3) is 11.1 Å². The average molecular weight is 314 g/mol. The van der Waals surface area contributed by atoms with Gasteiger partial charge in [0.15, 0.2) is 0 Å². The fraction of sp³-hybridized carbons (Fsp3) is 0.294. The second-order valence-electron chi connectivity index (χ2n) is 5.42.